The van der Waals surface area contributed by atoms with Crippen LogP contribution in [0, 0.1) is 0 Å². The molecule has 1 aliphatic heterocycles. The molecule has 3 nitrogen and oxygen atoms in total. The van der Waals surface area contributed by atoms with Gasteiger partial charge in [-0.05, 0) is 32.9 Å². The van der Waals surface area contributed by atoms with E-state index in [0.29, 0.717) is 13.2 Å². The summed E-state index contributed by atoms with van der Waals surface area (Å²) in [6.07, 6.45) is 0.778. The van der Waals surface area contributed by atoms with Gasteiger partial charge >= 0.3 is 5.97 Å². The van der Waals surface area contributed by atoms with Gasteiger partial charge < -0.3 is 10.1 Å². The number of esters is 1. The molecule has 2 rings (SSSR count). The second-order valence-electron chi connectivity index (χ2n) is 3.11. The van der Waals surface area contributed by atoms with Crippen LogP contribution in [0.15, 0.2) is 15.2 Å². The molecule has 1 N–H and O–H groups in total. The Kier molecular flexibility index (Phi) is 3.20. The topological polar surface area (TPSA) is 38.3 Å². The van der Waals surface area contributed by atoms with E-state index in [2.05, 4.69) is 21.2 Å². The smallest absolute Gasteiger partial charge is 0.323 e. The first kappa shape index (κ1) is 10.1. The molecule has 1 fully saturated rings. The molecule has 1 aromatic heterocycles. The quantitative estimate of drug-likeness (QED) is 0.857. The molecule has 0 radical (unpaired) electrons. The summed E-state index contributed by atoms with van der Waals surface area (Å²) < 4.78 is 5.98. The van der Waals surface area contributed by atoms with Gasteiger partial charge in [-0.1, -0.05) is 0 Å². The van der Waals surface area contributed by atoms with E-state index in [1.165, 1.54) is 5.56 Å². The first-order valence-electron chi connectivity index (χ1n) is 4.39. The fraction of sp³-hybridized carbons (Fsp3) is 0.444. The Bertz CT molecular complexity index is 339. The number of thiophene rings is 1. The molecule has 0 amide bonds. The van der Waals surface area contributed by atoms with Crippen LogP contribution in [-0.4, -0.2) is 18.6 Å². The zero-order chi connectivity index (χ0) is 9.97. The minimum absolute atomic E-state index is 0.123. The third-order valence-electron chi connectivity index (χ3n) is 2.17. The molecule has 1 unspecified atom stereocenters. The highest BCUT2D eigenvalue weighted by Crippen LogP contribution is 2.23. The highest BCUT2D eigenvalue weighted by molar-refractivity contribution is 9.11. The molecule has 0 bridgehead atoms. The van der Waals surface area contributed by atoms with Crippen LogP contribution in [-0.2, 0) is 16.1 Å². The summed E-state index contributed by atoms with van der Waals surface area (Å²) in [4.78, 5) is 11.1. The second-order valence-corrected chi connectivity index (χ2v) is 5.34. The minimum atomic E-state index is -0.128. The lowest BCUT2D eigenvalue weighted by atomic mass is 10.2. The molecule has 14 heavy (non-hydrogen) atoms. The lowest BCUT2D eigenvalue weighted by molar-refractivity contribution is -0.139. The Hall–Kier alpha value is -0.390. The van der Waals surface area contributed by atoms with Gasteiger partial charge in [-0.3, -0.25) is 4.79 Å². The maximum atomic E-state index is 11.1. The highest BCUT2D eigenvalue weighted by atomic mass is 79.9. The fourth-order valence-corrected chi connectivity index (χ4v) is 2.60. The van der Waals surface area contributed by atoms with Gasteiger partial charge in [-0.2, -0.15) is 0 Å². The molecule has 1 aliphatic rings. The lowest BCUT2D eigenvalue weighted by Gasteiger charge is -2.07. The number of hydrogen-bond acceptors (Lipinski definition) is 4. The SMILES string of the molecule is O=C1OCCC1NCc1ccsc1Br. The van der Waals surface area contributed by atoms with E-state index in [9.17, 15) is 4.79 Å². The number of carbonyl (C=O) groups is 1. The van der Waals surface area contributed by atoms with Gasteiger partial charge in [0.25, 0.3) is 0 Å². The Morgan fingerprint density at radius 3 is 3.14 bits per heavy atom. The monoisotopic (exact) mass is 275 g/mol. The van der Waals surface area contributed by atoms with E-state index in [1.54, 1.807) is 11.3 Å². The standard InChI is InChI=1S/C9H10BrNO2S/c10-8-6(2-4-14-8)5-11-7-1-3-13-9(7)12/h2,4,7,11H,1,3,5H2. The third kappa shape index (κ3) is 2.16. The van der Waals surface area contributed by atoms with E-state index in [4.69, 9.17) is 4.74 Å². The summed E-state index contributed by atoms with van der Waals surface area (Å²) in [5, 5.41) is 5.20. The molecule has 2 heterocycles. The van der Waals surface area contributed by atoms with Gasteiger partial charge in [0.2, 0.25) is 0 Å². The van der Waals surface area contributed by atoms with Gasteiger partial charge in [0.05, 0.1) is 10.4 Å². The summed E-state index contributed by atoms with van der Waals surface area (Å²) in [5.74, 6) is -0.128. The molecule has 1 aromatic rings. The maximum absolute atomic E-state index is 11.1. The first-order chi connectivity index (χ1) is 6.77. The van der Waals surface area contributed by atoms with Gasteiger partial charge in [0.1, 0.15) is 6.04 Å². The maximum Gasteiger partial charge on any atom is 0.323 e. The summed E-state index contributed by atoms with van der Waals surface area (Å²) >= 11 is 5.10. The van der Waals surface area contributed by atoms with E-state index < -0.39 is 0 Å². The van der Waals surface area contributed by atoms with Crippen LogP contribution >= 0.6 is 27.3 Å². The van der Waals surface area contributed by atoms with Crippen molar-refractivity contribution >= 4 is 33.2 Å². The average Bonchev–Trinajstić information content (AvgIpc) is 2.72. The molecule has 0 saturated carbocycles. The minimum Gasteiger partial charge on any atom is -0.464 e. The van der Waals surface area contributed by atoms with Crippen molar-refractivity contribution in [1.29, 1.82) is 0 Å². The molecule has 5 heteroatoms. The summed E-state index contributed by atoms with van der Waals surface area (Å²) in [6.45, 7) is 1.26. The van der Waals surface area contributed by atoms with Crippen molar-refractivity contribution in [2.45, 2.75) is 19.0 Å². The Morgan fingerprint density at radius 1 is 1.71 bits per heavy atom. The number of rotatable bonds is 3. The Labute approximate surface area is 94.6 Å². The van der Waals surface area contributed by atoms with Crippen LogP contribution < -0.4 is 5.32 Å². The van der Waals surface area contributed by atoms with Crippen molar-refractivity contribution in [2.24, 2.45) is 0 Å². The van der Waals surface area contributed by atoms with E-state index in [0.717, 1.165) is 10.2 Å². The molecule has 0 aromatic carbocycles. The van der Waals surface area contributed by atoms with Crippen LogP contribution in [0.3, 0.4) is 0 Å². The third-order valence-corrected chi connectivity index (χ3v) is 3.98. The van der Waals surface area contributed by atoms with Gasteiger partial charge in [0, 0.05) is 13.0 Å². The lowest BCUT2D eigenvalue weighted by Crippen LogP contribution is -2.32. The molecule has 1 atom stereocenters. The average molecular weight is 276 g/mol. The highest BCUT2D eigenvalue weighted by Gasteiger charge is 2.25. The zero-order valence-electron chi connectivity index (χ0n) is 7.46. The number of halogens is 1. The van der Waals surface area contributed by atoms with Gasteiger partial charge in [-0.15, -0.1) is 11.3 Å². The number of nitrogens with one attached hydrogen (secondary N) is 1. The van der Waals surface area contributed by atoms with Crippen LogP contribution in [0.25, 0.3) is 0 Å². The predicted molar refractivity (Wildman–Crippen MR) is 58.2 cm³/mol. The summed E-state index contributed by atoms with van der Waals surface area (Å²) in [5.41, 5.74) is 1.19. The normalized spacial score (nSPS) is 21.2. The molecule has 0 aliphatic carbocycles. The van der Waals surface area contributed by atoms with Crippen molar-refractivity contribution in [3.8, 4) is 0 Å². The van der Waals surface area contributed by atoms with Crippen LogP contribution in [0.5, 0.6) is 0 Å². The number of ether oxygens (including phenoxy) is 1. The fourth-order valence-electron chi connectivity index (χ4n) is 1.36. The summed E-state index contributed by atoms with van der Waals surface area (Å²) in [7, 11) is 0. The van der Waals surface area contributed by atoms with Gasteiger partial charge in [0.15, 0.2) is 0 Å². The molecule has 1 saturated heterocycles. The van der Waals surface area contributed by atoms with Crippen LogP contribution in [0.1, 0.15) is 12.0 Å². The van der Waals surface area contributed by atoms with E-state index in [-0.39, 0.29) is 12.0 Å². The van der Waals surface area contributed by atoms with Gasteiger partial charge in [-0.25, -0.2) is 0 Å². The molecule has 0 spiro atoms. The van der Waals surface area contributed by atoms with Crippen LogP contribution in [0.2, 0.25) is 0 Å². The summed E-state index contributed by atoms with van der Waals surface area (Å²) in [6, 6.07) is 1.92. The second kappa shape index (κ2) is 4.42. The Morgan fingerprint density at radius 2 is 2.57 bits per heavy atom. The largest absolute Gasteiger partial charge is 0.464 e. The Balaban J connectivity index is 1.88. The van der Waals surface area contributed by atoms with E-state index in [1.807, 2.05) is 11.4 Å². The predicted octanol–water partition coefficient (Wildman–Crippen LogP) is 1.92. The number of hydrogen-bond donors (Lipinski definition) is 1. The number of carbonyl (C=O) groups excluding carboxylic acids is 1. The molecular formula is C9H10BrNO2S. The van der Waals surface area contributed by atoms with Crippen molar-refractivity contribution < 1.29 is 9.53 Å². The van der Waals surface area contributed by atoms with Crippen LogP contribution in [0.4, 0.5) is 0 Å². The zero-order valence-corrected chi connectivity index (χ0v) is 9.86. The van der Waals surface area contributed by atoms with E-state index >= 15 is 0 Å². The van der Waals surface area contributed by atoms with Crippen molar-refractivity contribution in [2.75, 3.05) is 6.61 Å². The van der Waals surface area contributed by atoms with Crippen molar-refractivity contribution in [3.63, 3.8) is 0 Å². The van der Waals surface area contributed by atoms with Crippen molar-refractivity contribution in [1.82, 2.24) is 5.32 Å². The number of cyclic esters (lactones) is 1. The first-order valence-corrected chi connectivity index (χ1v) is 6.06. The molecule has 76 valence electrons. The van der Waals surface area contributed by atoms with Crippen molar-refractivity contribution in [3.05, 3.63) is 20.8 Å². The molecular weight excluding hydrogens is 266 g/mol.